The molecule has 1 aliphatic carbocycles. The predicted molar refractivity (Wildman–Crippen MR) is 153 cm³/mol. The average molecular weight is 512 g/mol. The predicted octanol–water partition coefficient (Wildman–Crippen LogP) is 5.43. The zero-order valence-corrected chi connectivity index (χ0v) is 22.4. The number of benzene rings is 2. The molecule has 3 atom stereocenters. The summed E-state index contributed by atoms with van der Waals surface area (Å²) in [5, 5.41) is 0. The highest BCUT2D eigenvalue weighted by molar-refractivity contribution is 6.08. The second kappa shape index (κ2) is 10.9. The summed E-state index contributed by atoms with van der Waals surface area (Å²) in [4.78, 5) is 25.6. The highest BCUT2D eigenvalue weighted by Crippen LogP contribution is 2.49. The van der Waals surface area contributed by atoms with Gasteiger partial charge in [-0.25, -0.2) is 4.79 Å². The SMILES string of the molecule is N[C@@H]1CCN(C(=O)N2CC[C@@H](CN3C=CC(c4ccccc4)=NC3)C3(CCCC3)C2)[C@H](c2ccccc2)C1. The summed E-state index contributed by atoms with van der Waals surface area (Å²) in [5.74, 6) is 0.590. The molecule has 3 heterocycles. The van der Waals surface area contributed by atoms with Crippen molar-refractivity contribution in [2.45, 2.75) is 57.0 Å². The molecule has 0 aromatic heterocycles. The van der Waals surface area contributed by atoms with Gasteiger partial charge in [0, 0.05) is 38.4 Å². The Morgan fingerprint density at radius 2 is 1.71 bits per heavy atom. The molecule has 1 spiro atoms. The van der Waals surface area contributed by atoms with E-state index in [4.69, 9.17) is 10.7 Å². The molecule has 200 valence electrons. The second-order valence-electron chi connectivity index (χ2n) is 11.8. The lowest BCUT2D eigenvalue weighted by molar-refractivity contribution is 0.0187. The Morgan fingerprint density at radius 3 is 2.42 bits per heavy atom. The molecule has 0 unspecified atom stereocenters. The van der Waals surface area contributed by atoms with E-state index in [1.165, 1.54) is 36.8 Å². The smallest absolute Gasteiger partial charge is 0.320 e. The third-order valence-electron chi connectivity index (χ3n) is 9.45. The standard InChI is InChI=1S/C32H41N5O/c33-28-14-20-37(30(21-28)26-11-5-2-6-12-26)31(38)36-19-13-27(32(23-36)16-7-8-17-32)22-35-18-15-29(34-24-35)25-9-3-1-4-10-25/h1-6,9-12,15,18,27-28,30H,7-8,13-14,16-17,19-24,33H2/t27-,28+,30-/m0/s1. The largest absolute Gasteiger partial charge is 0.358 e. The first-order valence-corrected chi connectivity index (χ1v) is 14.5. The minimum Gasteiger partial charge on any atom is -0.358 e. The number of likely N-dealkylation sites (tertiary alicyclic amines) is 2. The molecule has 6 nitrogen and oxygen atoms in total. The van der Waals surface area contributed by atoms with Crippen LogP contribution < -0.4 is 5.73 Å². The first kappa shape index (κ1) is 25.2. The van der Waals surface area contributed by atoms with Gasteiger partial charge in [-0.2, -0.15) is 0 Å². The minimum atomic E-state index is 0.0693. The molecular formula is C32H41N5O. The van der Waals surface area contributed by atoms with Gasteiger partial charge in [0.25, 0.3) is 0 Å². The highest BCUT2D eigenvalue weighted by Gasteiger charge is 2.47. The molecule has 3 fully saturated rings. The van der Waals surface area contributed by atoms with Crippen LogP contribution in [0.15, 0.2) is 77.9 Å². The number of aliphatic imine (C=N–C) groups is 1. The van der Waals surface area contributed by atoms with E-state index < -0.39 is 0 Å². The molecule has 2 amide bonds. The fourth-order valence-electron chi connectivity index (χ4n) is 7.34. The van der Waals surface area contributed by atoms with Crippen molar-refractivity contribution in [3.63, 3.8) is 0 Å². The number of carbonyl (C=O) groups is 1. The topological polar surface area (TPSA) is 65.2 Å². The number of rotatable bonds is 4. The summed E-state index contributed by atoms with van der Waals surface area (Å²) in [7, 11) is 0. The number of amides is 2. The zero-order valence-electron chi connectivity index (χ0n) is 22.4. The normalized spacial score (nSPS) is 27.0. The van der Waals surface area contributed by atoms with E-state index in [-0.39, 0.29) is 23.5 Å². The Bertz CT molecular complexity index is 1160. The molecular weight excluding hydrogens is 470 g/mol. The van der Waals surface area contributed by atoms with Crippen LogP contribution in [0, 0.1) is 11.3 Å². The van der Waals surface area contributed by atoms with Crippen molar-refractivity contribution in [1.82, 2.24) is 14.7 Å². The molecule has 2 saturated heterocycles. The molecule has 0 radical (unpaired) electrons. The van der Waals surface area contributed by atoms with Gasteiger partial charge in [-0.05, 0) is 60.6 Å². The van der Waals surface area contributed by atoms with Crippen LogP contribution in [0.4, 0.5) is 4.79 Å². The summed E-state index contributed by atoms with van der Waals surface area (Å²) in [6.45, 7) is 4.20. The Labute approximate surface area is 227 Å². The van der Waals surface area contributed by atoms with E-state index in [2.05, 4.69) is 75.5 Å². The molecule has 2 aromatic rings. The fourth-order valence-corrected chi connectivity index (χ4v) is 7.34. The van der Waals surface area contributed by atoms with E-state index in [0.29, 0.717) is 12.6 Å². The van der Waals surface area contributed by atoms with Crippen LogP contribution >= 0.6 is 0 Å². The van der Waals surface area contributed by atoms with Crippen molar-refractivity contribution in [1.29, 1.82) is 0 Å². The van der Waals surface area contributed by atoms with Gasteiger partial charge in [0.05, 0.1) is 11.8 Å². The van der Waals surface area contributed by atoms with Crippen LogP contribution in [0.1, 0.15) is 62.1 Å². The van der Waals surface area contributed by atoms with Crippen LogP contribution in [0.2, 0.25) is 0 Å². The molecule has 4 aliphatic rings. The molecule has 1 saturated carbocycles. The lowest BCUT2D eigenvalue weighted by Gasteiger charge is -2.50. The van der Waals surface area contributed by atoms with Crippen LogP contribution in [-0.2, 0) is 0 Å². The fraction of sp³-hybridized carbons (Fsp3) is 0.500. The average Bonchev–Trinajstić information content (AvgIpc) is 3.44. The van der Waals surface area contributed by atoms with Gasteiger partial charge < -0.3 is 20.4 Å². The van der Waals surface area contributed by atoms with Crippen molar-refractivity contribution in [2.75, 3.05) is 32.8 Å². The lowest BCUT2D eigenvalue weighted by Crippen LogP contribution is -2.57. The summed E-state index contributed by atoms with van der Waals surface area (Å²) in [5.41, 5.74) is 10.0. The number of nitrogens with zero attached hydrogens (tertiary/aromatic N) is 4. The zero-order chi connectivity index (χ0) is 26.0. The molecule has 6 rings (SSSR count). The van der Waals surface area contributed by atoms with E-state index in [1.54, 1.807) is 0 Å². The van der Waals surface area contributed by atoms with Crippen molar-refractivity contribution < 1.29 is 4.79 Å². The monoisotopic (exact) mass is 511 g/mol. The number of urea groups is 1. The van der Waals surface area contributed by atoms with Crippen LogP contribution in [-0.4, -0.2) is 65.3 Å². The molecule has 2 N–H and O–H groups in total. The summed E-state index contributed by atoms with van der Waals surface area (Å²) in [6.07, 6.45) is 12.2. The first-order chi connectivity index (χ1) is 18.6. The number of piperidine rings is 2. The third kappa shape index (κ3) is 5.11. The maximum absolute atomic E-state index is 14.0. The highest BCUT2D eigenvalue weighted by atomic mass is 16.2. The van der Waals surface area contributed by atoms with Crippen LogP contribution in [0.25, 0.3) is 0 Å². The Hall–Kier alpha value is -3.12. The quantitative estimate of drug-likeness (QED) is 0.595. The number of allylic oxidation sites excluding steroid dienone is 1. The van der Waals surface area contributed by atoms with Crippen LogP contribution in [0.5, 0.6) is 0 Å². The van der Waals surface area contributed by atoms with E-state index in [0.717, 1.165) is 51.2 Å². The molecule has 6 heteroatoms. The summed E-state index contributed by atoms with van der Waals surface area (Å²) >= 11 is 0. The van der Waals surface area contributed by atoms with Gasteiger partial charge in [0.15, 0.2) is 0 Å². The van der Waals surface area contributed by atoms with Gasteiger partial charge in [0.2, 0.25) is 0 Å². The van der Waals surface area contributed by atoms with Gasteiger partial charge in [-0.3, -0.25) is 4.99 Å². The molecule has 0 bridgehead atoms. The van der Waals surface area contributed by atoms with Gasteiger partial charge >= 0.3 is 6.03 Å². The summed E-state index contributed by atoms with van der Waals surface area (Å²) < 4.78 is 0. The Morgan fingerprint density at radius 1 is 0.974 bits per heavy atom. The molecule has 3 aliphatic heterocycles. The maximum atomic E-state index is 14.0. The van der Waals surface area contributed by atoms with E-state index in [9.17, 15) is 4.79 Å². The van der Waals surface area contributed by atoms with Crippen molar-refractivity contribution in [3.05, 3.63) is 84.1 Å². The van der Waals surface area contributed by atoms with E-state index >= 15 is 0 Å². The number of carbonyl (C=O) groups excluding carboxylic acids is 1. The van der Waals surface area contributed by atoms with Gasteiger partial charge in [-0.1, -0.05) is 73.5 Å². The second-order valence-corrected chi connectivity index (χ2v) is 11.8. The first-order valence-electron chi connectivity index (χ1n) is 14.5. The van der Waals surface area contributed by atoms with Crippen LogP contribution in [0.3, 0.4) is 0 Å². The molecule has 38 heavy (non-hydrogen) atoms. The third-order valence-corrected chi connectivity index (χ3v) is 9.45. The number of hydrogen-bond acceptors (Lipinski definition) is 4. The minimum absolute atomic E-state index is 0.0693. The lowest BCUT2D eigenvalue weighted by atomic mass is 9.69. The molecule has 2 aromatic carbocycles. The number of nitrogens with two attached hydrogens (primary N) is 1. The maximum Gasteiger partial charge on any atom is 0.320 e. The van der Waals surface area contributed by atoms with Crippen molar-refractivity contribution in [3.8, 4) is 0 Å². The summed E-state index contributed by atoms with van der Waals surface area (Å²) in [6, 6.07) is 21.3. The Balaban J connectivity index is 1.14. The Kier molecular flexibility index (Phi) is 7.24. The number of hydrogen-bond donors (Lipinski definition) is 1. The van der Waals surface area contributed by atoms with Crippen molar-refractivity contribution >= 4 is 11.7 Å². The van der Waals surface area contributed by atoms with E-state index in [1.807, 2.05) is 12.1 Å². The van der Waals surface area contributed by atoms with Crippen molar-refractivity contribution in [2.24, 2.45) is 22.1 Å². The van der Waals surface area contributed by atoms with Gasteiger partial charge in [-0.15, -0.1) is 0 Å². The van der Waals surface area contributed by atoms with Gasteiger partial charge in [0.1, 0.15) is 6.67 Å².